The van der Waals surface area contributed by atoms with Crippen LogP contribution in [-0.4, -0.2) is 18.1 Å². The van der Waals surface area contributed by atoms with E-state index < -0.39 is 0 Å². The molecule has 0 saturated carbocycles. The van der Waals surface area contributed by atoms with E-state index in [1.54, 1.807) is 6.20 Å². The maximum absolute atomic E-state index is 6.32. The molecule has 0 radical (unpaired) electrons. The van der Waals surface area contributed by atoms with Crippen molar-refractivity contribution in [3.05, 3.63) is 21.9 Å². The molecule has 2 heterocycles. The third kappa shape index (κ3) is 2.33. The zero-order valence-corrected chi connectivity index (χ0v) is 10.8. The van der Waals surface area contributed by atoms with Gasteiger partial charge in [0.2, 0.25) is 0 Å². The average molecular weight is 292 g/mol. The van der Waals surface area contributed by atoms with E-state index in [-0.39, 0.29) is 0 Å². The van der Waals surface area contributed by atoms with Gasteiger partial charge in [-0.3, -0.25) is 0 Å². The van der Waals surface area contributed by atoms with Gasteiger partial charge in [0, 0.05) is 6.07 Å². The molecule has 0 atom stereocenters. The number of quaternary nitrogens is 1. The number of pyridine rings is 1. The van der Waals surface area contributed by atoms with Gasteiger partial charge in [-0.1, -0.05) is 11.6 Å². The van der Waals surface area contributed by atoms with Crippen molar-refractivity contribution in [2.24, 2.45) is 5.84 Å². The van der Waals surface area contributed by atoms with Gasteiger partial charge >= 0.3 is 0 Å². The van der Waals surface area contributed by atoms with E-state index in [0.29, 0.717) is 14.2 Å². The Kier molecular flexibility index (Phi) is 3.30. The first-order valence-corrected chi connectivity index (χ1v) is 6.26. The summed E-state index contributed by atoms with van der Waals surface area (Å²) in [6, 6.07) is 1.91. The van der Waals surface area contributed by atoms with Gasteiger partial charge in [0.05, 0.1) is 11.2 Å². The minimum Gasteiger partial charge on any atom is -0.241 e. The van der Waals surface area contributed by atoms with Crippen LogP contribution in [0.3, 0.4) is 0 Å². The third-order valence-electron chi connectivity index (χ3n) is 2.91. The van der Waals surface area contributed by atoms with Gasteiger partial charge in [-0.2, -0.15) is 5.84 Å². The number of rotatable bonds is 1. The summed E-state index contributed by atoms with van der Waals surface area (Å²) < 4.78 is 1.15. The molecule has 3 nitrogen and oxygen atoms in total. The van der Waals surface area contributed by atoms with Crippen LogP contribution in [0.1, 0.15) is 19.3 Å². The number of halogens is 2. The molecule has 15 heavy (non-hydrogen) atoms. The number of piperidine rings is 1. The molecule has 1 aliphatic heterocycles. The third-order valence-corrected chi connectivity index (χ3v) is 4.06. The van der Waals surface area contributed by atoms with E-state index in [9.17, 15) is 0 Å². The molecule has 1 saturated heterocycles. The number of nitrogens with two attached hydrogens (primary N) is 1. The normalized spacial score (nSPS) is 20.2. The minimum atomic E-state index is 0.472. The van der Waals surface area contributed by atoms with Crippen molar-refractivity contribution in [2.45, 2.75) is 19.3 Å². The lowest BCUT2D eigenvalue weighted by Gasteiger charge is -2.35. The Morgan fingerprint density at radius 2 is 2.00 bits per heavy atom. The molecular formula is C10H14BrClN3+. The fraction of sp³-hybridized carbons (Fsp3) is 0.500. The van der Waals surface area contributed by atoms with Crippen molar-refractivity contribution in [3.63, 3.8) is 0 Å². The van der Waals surface area contributed by atoms with Crippen LogP contribution in [0.2, 0.25) is 5.02 Å². The summed E-state index contributed by atoms with van der Waals surface area (Å²) in [6.07, 6.45) is 5.42. The van der Waals surface area contributed by atoms with E-state index in [0.717, 1.165) is 18.8 Å². The summed E-state index contributed by atoms with van der Waals surface area (Å²) in [5, 5.41) is 0.626. The van der Waals surface area contributed by atoms with E-state index in [1.165, 1.54) is 19.3 Å². The maximum Gasteiger partial charge on any atom is 0.172 e. The van der Waals surface area contributed by atoms with Crippen molar-refractivity contribution < 1.29 is 0 Å². The largest absolute Gasteiger partial charge is 0.241 e. The van der Waals surface area contributed by atoms with E-state index in [1.807, 2.05) is 6.07 Å². The van der Waals surface area contributed by atoms with Crippen LogP contribution < -0.4 is 10.4 Å². The molecule has 0 bridgehead atoms. The second-order valence-electron chi connectivity index (χ2n) is 4.01. The predicted molar refractivity (Wildman–Crippen MR) is 66.5 cm³/mol. The monoisotopic (exact) mass is 290 g/mol. The van der Waals surface area contributed by atoms with E-state index >= 15 is 0 Å². The fourth-order valence-corrected chi connectivity index (χ4v) is 2.37. The molecule has 1 aromatic heterocycles. The quantitative estimate of drug-likeness (QED) is 0.491. The molecule has 0 spiro atoms. The Morgan fingerprint density at radius 3 is 2.60 bits per heavy atom. The van der Waals surface area contributed by atoms with Gasteiger partial charge in [-0.05, 0) is 35.2 Å². The average Bonchev–Trinajstić information content (AvgIpc) is 2.23. The zero-order valence-electron chi connectivity index (χ0n) is 8.42. The molecule has 1 aromatic rings. The predicted octanol–water partition coefficient (Wildman–Crippen LogP) is 2.86. The highest BCUT2D eigenvalue weighted by Gasteiger charge is 2.29. The Balaban J connectivity index is 2.31. The Labute approximate surface area is 103 Å². The van der Waals surface area contributed by atoms with E-state index in [2.05, 4.69) is 20.9 Å². The van der Waals surface area contributed by atoms with E-state index in [4.69, 9.17) is 17.4 Å². The molecule has 1 aliphatic rings. The lowest BCUT2D eigenvalue weighted by molar-refractivity contribution is 0.234. The van der Waals surface area contributed by atoms with Gasteiger partial charge in [0.15, 0.2) is 5.69 Å². The van der Waals surface area contributed by atoms with Crippen LogP contribution in [0, 0.1) is 0 Å². The second kappa shape index (κ2) is 4.37. The maximum atomic E-state index is 6.32. The molecule has 1 fully saturated rings. The number of aromatic nitrogens is 1. The van der Waals surface area contributed by atoms with Crippen LogP contribution >= 0.6 is 27.5 Å². The zero-order chi connectivity index (χ0) is 10.9. The van der Waals surface area contributed by atoms with Gasteiger partial charge in [-0.25, -0.2) is 9.58 Å². The number of nitrogens with zero attached hydrogens (tertiary/aromatic N) is 2. The fourth-order valence-electron chi connectivity index (χ4n) is 1.99. The summed E-state index contributed by atoms with van der Waals surface area (Å²) in [5.41, 5.74) is 1.00. The first kappa shape index (κ1) is 11.3. The smallest absolute Gasteiger partial charge is 0.172 e. The molecule has 5 heteroatoms. The van der Waals surface area contributed by atoms with Gasteiger partial charge in [0.25, 0.3) is 0 Å². The molecule has 82 valence electrons. The molecule has 2 rings (SSSR count). The highest BCUT2D eigenvalue weighted by Crippen LogP contribution is 2.29. The van der Waals surface area contributed by atoms with Crippen molar-refractivity contribution in [2.75, 3.05) is 13.1 Å². The summed E-state index contributed by atoms with van der Waals surface area (Å²) in [4.78, 5) is 4.19. The first-order valence-electron chi connectivity index (χ1n) is 5.09. The second-order valence-corrected chi connectivity index (χ2v) is 5.17. The first-order chi connectivity index (χ1) is 7.12. The summed E-state index contributed by atoms with van der Waals surface area (Å²) >= 11 is 9.30. The Morgan fingerprint density at radius 1 is 1.33 bits per heavy atom. The number of hydrogen-bond donors (Lipinski definition) is 1. The molecular weight excluding hydrogens is 277 g/mol. The lowest BCUT2D eigenvalue weighted by Crippen LogP contribution is -2.58. The standard InChI is InChI=1S/C10H14BrClN3/c11-10-9(12)6-8(7-14-10)15(13)4-2-1-3-5-15/h6-7H,1-5,13H2/q+1. The molecule has 0 aliphatic carbocycles. The van der Waals surface area contributed by atoms with Gasteiger partial charge in [-0.15, -0.1) is 0 Å². The van der Waals surface area contributed by atoms with Crippen molar-refractivity contribution in [1.29, 1.82) is 0 Å². The minimum absolute atomic E-state index is 0.472. The van der Waals surface area contributed by atoms with Crippen LogP contribution in [0.4, 0.5) is 5.69 Å². The number of hydrogen-bond acceptors (Lipinski definition) is 2. The van der Waals surface area contributed by atoms with Crippen LogP contribution in [-0.2, 0) is 0 Å². The van der Waals surface area contributed by atoms with Crippen LogP contribution in [0.15, 0.2) is 16.9 Å². The van der Waals surface area contributed by atoms with Gasteiger partial charge < -0.3 is 0 Å². The van der Waals surface area contributed by atoms with Crippen molar-refractivity contribution >= 4 is 33.2 Å². The van der Waals surface area contributed by atoms with Crippen molar-refractivity contribution in [1.82, 2.24) is 9.58 Å². The summed E-state index contributed by atoms with van der Waals surface area (Å²) in [6.45, 7) is 1.94. The highest BCUT2D eigenvalue weighted by molar-refractivity contribution is 9.10. The molecule has 2 N–H and O–H groups in total. The topological polar surface area (TPSA) is 38.9 Å². The summed E-state index contributed by atoms with van der Waals surface area (Å²) in [5.74, 6) is 6.32. The SMILES string of the molecule is N[N+]1(c2cnc(Br)c(Cl)c2)CCCCC1. The van der Waals surface area contributed by atoms with Crippen LogP contribution in [0.25, 0.3) is 0 Å². The van der Waals surface area contributed by atoms with Crippen LogP contribution in [0.5, 0.6) is 0 Å². The van der Waals surface area contributed by atoms with Gasteiger partial charge in [0.1, 0.15) is 17.7 Å². The lowest BCUT2D eigenvalue weighted by atomic mass is 10.1. The highest BCUT2D eigenvalue weighted by atomic mass is 79.9. The summed E-state index contributed by atoms with van der Waals surface area (Å²) in [7, 11) is 0. The molecule has 0 aromatic carbocycles. The molecule has 0 amide bonds. The Hall–Kier alpha value is -0.160. The van der Waals surface area contributed by atoms with Crippen molar-refractivity contribution in [3.8, 4) is 0 Å². The Bertz CT molecular complexity index is 364. The molecule has 0 unspecified atom stereocenters.